The molecule has 2 aromatic carbocycles. The van der Waals surface area contributed by atoms with Crippen molar-refractivity contribution >= 4 is 17.4 Å². The summed E-state index contributed by atoms with van der Waals surface area (Å²) in [4.78, 5) is 12.5. The van der Waals surface area contributed by atoms with Crippen LogP contribution in [0.1, 0.15) is 5.56 Å². The Bertz CT molecular complexity index is 573. The van der Waals surface area contributed by atoms with Gasteiger partial charge in [0.1, 0.15) is 0 Å². The molecule has 4 nitrogen and oxygen atoms in total. The molecule has 5 heteroatoms. The fourth-order valence-corrected chi connectivity index (χ4v) is 2.72. The van der Waals surface area contributed by atoms with Gasteiger partial charge in [0.2, 0.25) is 0 Å². The van der Waals surface area contributed by atoms with Crippen molar-refractivity contribution in [3.8, 4) is 0 Å². The summed E-state index contributed by atoms with van der Waals surface area (Å²) in [6.45, 7) is 0.476. The molecule has 0 heterocycles. The van der Waals surface area contributed by atoms with Crippen molar-refractivity contribution in [2.45, 2.75) is 16.2 Å². The van der Waals surface area contributed by atoms with Gasteiger partial charge in [-0.15, -0.1) is 0 Å². The molecule has 0 radical (unpaired) electrons. The second kappa shape index (κ2) is 6.36. The Balaban J connectivity index is 2.31. The van der Waals surface area contributed by atoms with Crippen LogP contribution in [0.4, 0.5) is 5.69 Å². The monoisotopic (exact) mass is 274 g/mol. The van der Waals surface area contributed by atoms with Crippen molar-refractivity contribution in [2.24, 2.45) is 5.73 Å². The van der Waals surface area contributed by atoms with E-state index >= 15 is 0 Å². The molecule has 0 aliphatic carbocycles. The van der Waals surface area contributed by atoms with Crippen LogP contribution in [0.5, 0.6) is 0 Å². The Hall–Kier alpha value is -1.85. The van der Waals surface area contributed by atoms with Crippen LogP contribution in [0.2, 0.25) is 0 Å². The van der Waals surface area contributed by atoms with Gasteiger partial charge in [0.15, 0.2) is 0 Å². The molecule has 0 atom stereocenters. The molecular formula is C14H14N2O2S. The highest BCUT2D eigenvalue weighted by atomic mass is 32.2. The summed E-state index contributed by atoms with van der Waals surface area (Å²) >= 11 is 1.60. The molecule has 0 unspecified atom stereocenters. The van der Waals surface area contributed by atoms with Crippen molar-refractivity contribution in [3.63, 3.8) is 0 Å². The fraction of sp³-hybridized carbons (Fsp3) is 0.143. The number of rotatable bonds is 5. The largest absolute Gasteiger partial charge is 0.330 e. The predicted octanol–water partition coefficient (Wildman–Crippen LogP) is 3.25. The number of benzene rings is 2. The Morgan fingerprint density at radius 3 is 2.53 bits per heavy atom. The number of nitro benzene ring substituents is 1. The lowest BCUT2D eigenvalue weighted by atomic mass is 10.1. The molecule has 0 saturated heterocycles. The number of hydrogen-bond acceptors (Lipinski definition) is 4. The third kappa shape index (κ3) is 3.56. The van der Waals surface area contributed by atoms with Crippen LogP contribution < -0.4 is 5.73 Å². The molecule has 2 rings (SSSR count). The van der Waals surface area contributed by atoms with E-state index in [-0.39, 0.29) is 10.6 Å². The van der Waals surface area contributed by atoms with Crippen LogP contribution in [0.3, 0.4) is 0 Å². The summed E-state index contributed by atoms with van der Waals surface area (Å²) in [5.41, 5.74) is 6.60. The van der Waals surface area contributed by atoms with Crippen LogP contribution in [0, 0.1) is 10.1 Å². The number of non-ortho nitro benzene ring substituents is 1. The van der Waals surface area contributed by atoms with Crippen LogP contribution in [0.25, 0.3) is 0 Å². The Labute approximate surface area is 115 Å². The highest BCUT2D eigenvalue weighted by Crippen LogP contribution is 2.32. The van der Waals surface area contributed by atoms with Crippen LogP contribution in [0.15, 0.2) is 58.3 Å². The van der Waals surface area contributed by atoms with Gasteiger partial charge in [-0.05, 0) is 36.7 Å². The average molecular weight is 274 g/mol. The van der Waals surface area contributed by atoms with E-state index < -0.39 is 0 Å². The lowest BCUT2D eigenvalue weighted by molar-refractivity contribution is -0.385. The fourth-order valence-electron chi connectivity index (χ4n) is 1.75. The molecule has 0 amide bonds. The van der Waals surface area contributed by atoms with E-state index in [2.05, 4.69) is 0 Å². The third-order valence-corrected chi connectivity index (χ3v) is 3.77. The molecular weight excluding hydrogens is 260 g/mol. The van der Waals surface area contributed by atoms with Crippen molar-refractivity contribution in [1.82, 2.24) is 0 Å². The van der Waals surface area contributed by atoms with Crippen molar-refractivity contribution in [2.75, 3.05) is 6.54 Å². The first kappa shape index (κ1) is 13.6. The van der Waals surface area contributed by atoms with Gasteiger partial charge >= 0.3 is 0 Å². The average Bonchev–Trinajstić information content (AvgIpc) is 2.42. The molecule has 2 aromatic rings. The van der Waals surface area contributed by atoms with Gasteiger partial charge in [-0.3, -0.25) is 10.1 Å². The van der Waals surface area contributed by atoms with Crippen molar-refractivity contribution in [1.29, 1.82) is 0 Å². The summed E-state index contributed by atoms with van der Waals surface area (Å²) in [5.74, 6) is 0. The normalized spacial score (nSPS) is 10.4. The molecule has 19 heavy (non-hydrogen) atoms. The summed E-state index contributed by atoms with van der Waals surface area (Å²) in [7, 11) is 0. The third-order valence-electron chi connectivity index (χ3n) is 2.64. The molecule has 0 aromatic heterocycles. The number of nitrogens with two attached hydrogens (primary N) is 1. The van der Waals surface area contributed by atoms with Crippen LogP contribution >= 0.6 is 11.8 Å². The molecule has 0 bridgehead atoms. The summed E-state index contributed by atoms with van der Waals surface area (Å²) in [6, 6.07) is 14.9. The van der Waals surface area contributed by atoms with Gasteiger partial charge in [0.25, 0.3) is 5.69 Å². The molecule has 0 fully saturated rings. The first-order valence-corrected chi connectivity index (χ1v) is 6.72. The molecule has 0 spiro atoms. The first-order valence-electron chi connectivity index (χ1n) is 5.91. The molecule has 0 aliphatic heterocycles. The van der Waals surface area contributed by atoms with Crippen molar-refractivity contribution in [3.05, 3.63) is 64.2 Å². The Morgan fingerprint density at radius 1 is 1.16 bits per heavy atom. The second-order valence-corrected chi connectivity index (χ2v) is 5.12. The maximum Gasteiger partial charge on any atom is 0.269 e. The minimum absolute atomic E-state index is 0.112. The van der Waals surface area contributed by atoms with Gasteiger partial charge in [-0.1, -0.05) is 30.0 Å². The van der Waals surface area contributed by atoms with E-state index in [9.17, 15) is 10.1 Å². The SMILES string of the molecule is NCCc1cc([N+](=O)[O-])ccc1Sc1ccccc1. The molecule has 98 valence electrons. The molecule has 0 aliphatic rings. The van der Waals surface area contributed by atoms with Gasteiger partial charge in [-0.25, -0.2) is 0 Å². The minimum Gasteiger partial charge on any atom is -0.330 e. The predicted molar refractivity (Wildman–Crippen MR) is 76.4 cm³/mol. The number of nitrogens with zero attached hydrogens (tertiary/aromatic N) is 1. The maximum absolute atomic E-state index is 10.8. The topological polar surface area (TPSA) is 69.2 Å². The maximum atomic E-state index is 10.8. The summed E-state index contributed by atoms with van der Waals surface area (Å²) in [6.07, 6.45) is 0.636. The van der Waals surface area contributed by atoms with Crippen molar-refractivity contribution < 1.29 is 4.92 Å². The number of nitro groups is 1. The minimum atomic E-state index is -0.378. The Kier molecular flexibility index (Phi) is 4.54. The van der Waals surface area contributed by atoms with E-state index in [1.165, 1.54) is 6.07 Å². The van der Waals surface area contributed by atoms with E-state index in [1.807, 2.05) is 30.3 Å². The van der Waals surface area contributed by atoms with E-state index in [0.29, 0.717) is 13.0 Å². The van der Waals surface area contributed by atoms with E-state index in [0.717, 1.165) is 15.4 Å². The van der Waals surface area contributed by atoms with E-state index in [4.69, 9.17) is 5.73 Å². The van der Waals surface area contributed by atoms with E-state index in [1.54, 1.807) is 23.9 Å². The lowest BCUT2D eigenvalue weighted by Gasteiger charge is -2.08. The lowest BCUT2D eigenvalue weighted by Crippen LogP contribution is -2.04. The highest BCUT2D eigenvalue weighted by Gasteiger charge is 2.11. The second-order valence-electron chi connectivity index (χ2n) is 4.00. The van der Waals surface area contributed by atoms with Crippen LogP contribution in [-0.4, -0.2) is 11.5 Å². The highest BCUT2D eigenvalue weighted by molar-refractivity contribution is 7.99. The standard InChI is InChI=1S/C14H14N2O2S/c15-9-8-11-10-12(16(17)18)6-7-14(11)19-13-4-2-1-3-5-13/h1-7,10H,8-9,15H2. The van der Waals surface area contributed by atoms with Gasteiger partial charge in [0.05, 0.1) is 4.92 Å². The summed E-state index contributed by atoms with van der Waals surface area (Å²) < 4.78 is 0. The first-order chi connectivity index (χ1) is 9.20. The molecule has 2 N–H and O–H groups in total. The molecule has 0 saturated carbocycles. The van der Waals surface area contributed by atoms with Gasteiger partial charge < -0.3 is 5.73 Å². The quantitative estimate of drug-likeness (QED) is 0.671. The summed E-state index contributed by atoms with van der Waals surface area (Å²) in [5, 5.41) is 10.8. The smallest absolute Gasteiger partial charge is 0.269 e. The Morgan fingerprint density at radius 2 is 1.89 bits per heavy atom. The van der Waals surface area contributed by atoms with Gasteiger partial charge in [-0.2, -0.15) is 0 Å². The zero-order chi connectivity index (χ0) is 13.7. The van der Waals surface area contributed by atoms with Crippen LogP contribution in [-0.2, 0) is 6.42 Å². The zero-order valence-corrected chi connectivity index (χ0v) is 11.1. The number of hydrogen-bond donors (Lipinski definition) is 1. The zero-order valence-electron chi connectivity index (χ0n) is 10.3. The van der Waals surface area contributed by atoms with Gasteiger partial charge in [0, 0.05) is 21.9 Å².